The molecule has 0 spiro atoms. The number of aryl methyl sites for hydroxylation is 1. The minimum atomic E-state index is -2.88. The van der Waals surface area contributed by atoms with Crippen LogP contribution in [0.5, 0.6) is 5.75 Å². The Morgan fingerprint density at radius 3 is 2.71 bits per heavy atom. The van der Waals surface area contributed by atoms with Crippen molar-refractivity contribution in [1.29, 1.82) is 0 Å². The van der Waals surface area contributed by atoms with Crippen LogP contribution in [0.1, 0.15) is 42.8 Å². The molecule has 4 rings (SSSR count). The van der Waals surface area contributed by atoms with Gasteiger partial charge < -0.3 is 14.8 Å². The minimum absolute atomic E-state index is 0.0402. The Morgan fingerprint density at radius 2 is 2.00 bits per heavy atom. The van der Waals surface area contributed by atoms with Crippen molar-refractivity contribution in [2.24, 2.45) is 0 Å². The normalized spacial score (nSPS) is 17.3. The van der Waals surface area contributed by atoms with Crippen LogP contribution in [0, 0.1) is 12.7 Å². The molecule has 2 heterocycles. The van der Waals surface area contributed by atoms with Gasteiger partial charge in [0.05, 0.1) is 34.8 Å². The number of hydrogen-bond acceptors (Lipinski definition) is 5. The van der Waals surface area contributed by atoms with Gasteiger partial charge in [0.1, 0.15) is 29.3 Å². The fraction of sp³-hybridized carbons (Fsp3) is 0.364. The van der Waals surface area contributed by atoms with Crippen LogP contribution < -0.4 is 10.1 Å². The van der Waals surface area contributed by atoms with Crippen LogP contribution in [0.3, 0.4) is 0 Å². The fourth-order valence-electron chi connectivity index (χ4n) is 3.59. The van der Waals surface area contributed by atoms with E-state index in [-0.39, 0.29) is 11.7 Å². The van der Waals surface area contributed by atoms with E-state index in [9.17, 15) is 13.2 Å². The smallest absolute Gasteiger partial charge is 0.266 e. The average Bonchev–Trinajstić information content (AvgIpc) is 3.22. The van der Waals surface area contributed by atoms with E-state index >= 15 is 0 Å². The number of hydrogen-bond donors (Lipinski definition) is 1. The number of halogens is 4. The number of nitrogens with one attached hydrogen (secondary N) is 1. The maximum absolute atomic E-state index is 14.6. The molecule has 1 aliphatic rings. The van der Waals surface area contributed by atoms with Crippen molar-refractivity contribution in [1.82, 2.24) is 9.97 Å². The summed E-state index contributed by atoms with van der Waals surface area (Å²) in [6, 6.07) is 7.05. The summed E-state index contributed by atoms with van der Waals surface area (Å²) in [5.74, 6) is 0.697. The molecule has 1 fully saturated rings. The largest absolute Gasteiger partial charge is 0.487 e. The number of anilines is 1. The van der Waals surface area contributed by atoms with Crippen molar-refractivity contribution in [3.63, 3.8) is 0 Å². The SMILES string of the molecule is Cc1nc(NC(C)c2cccc(C(F)F)c2F)c2cc(O[C@H]3CCOC3)c(Br)cc2n1. The first-order chi connectivity index (χ1) is 14.8. The second-order valence-corrected chi connectivity index (χ2v) is 8.29. The van der Waals surface area contributed by atoms with Gasteiger partial charge in [-0.25, -0.2) is 23.1 Å². The molecule has 31 heavy (non-hydrogen) atoms. The number of aromatic nitrogens is 2. The van der Waals surface area contributed by atoms with Crippen molar-refractivity contribution in [2.45, 2.75) is 38.8 Å². The molecule has 1 aromatic heterocycles. The first kappa shape index (κ1) is 21.8. The van der Waals surface area contributed by atoms with Crippen molar-refractivity contribution in [3.05, 3.63) is 57.6 Å². The van der Waals surface area contributed by atoms with Crippen LogP contribution in [0.4, 0.5) is 19.0 Å². The molecule has 0 aliphatic carbocycles. The Balaban J connectivity index is 1.70. The summed E-state index contributed by atoms with van der Waals surface area (Å²) in [6.45, 7) is 4.63. The zero-order valence-electron chi connectivity index (χ0n) is 17.0. The van der Waals surface area contributed by atoms with Crippen LogP contribution in [0.2, 0.25) is 0 Å². The van der Waals surface area contributed by atoms with Gasteiger partial charge in [0.25, 0.3) is 6.43 Å². The van der Waals surface area contributed by atoms with E-state index in [4.69, 9.17) is 9.47 Å². The van der Waals surface area contributed by atoms with Gasteiger partial charge in [-0.2, -0.15) is 0 Å². The first-order valence-electron chi connectivity index (χ1n) is 9.88. The fourth-order valence-corrected chi connectivity index (χ4v) is 4.01. The Bertz CT molecular complexity index is 1110. The van der Waals surface area contributed by atoms with E-state index in [1.165, 1.54) is 12.1 Å². The molecule has 1 N–H and O–H groups in total. The Morgan fingerprint density at radius 1 is 1.23 bits per heavy atom. The van der Waals surface area contributed by atoms with Gasteiger partial charge in [0.2, 0.25) is 0 Å². The van der Waals surface area contributed by atoms with E-state index in [0.29, 0.717) is 41.5 Å². The molecular weight excluding hydrogens is 475 g/mol. The average molecular weight is 496 g/mol. The van der Waals surface area contributed by atoms with E-state index in [0.717, 1.165) is 17.0 Å². The molecule has 2 atom stereocenters. The molecule has 9 heteroatoms. The van der Waals surface area contributed by atoms with Gasteiger partial charge in [-0.1, -0.05) is 18.2 Å². The van der Waals surface area contributed by atoms with Crippen LogP contribution in [-0.4, -0.2) is 29.3 Å². The van der Waals surface area contributed by atoms with Crippen LogP contribution >= 0.6 is 15.9 Å². The molecule has 2 aromatic carbocycles. The second-order valence-electron chi connectivity index (χ2n) is 7.44. The number of alkyl halides is 2. The molecule has 5 nitrogen and oxygen atoms in total. The second kappa shape index (κ2) is 9.00. The molecule has 1 aliphatic heterocycles. The third kappa shape index (κ3) is 4.62. The summed E-state index contributed by atoms with van der Waals surface area (Å²) < 4.78 is 53.0. The Labute approximate surface area is 186 Å². The number of fused-ring (bicyclic) bond motifs is 1. The standard InChI is InChI=1S/C22H21BrF3N3O2/c1-11(14-4-3-5-15(20(14)24)21(25)26)27-22-16-8-19(31-13-6-7-30-10-13)17(23)9-18(16)28-12(2)29-22/h3-5,8-9,11,13,21H,6-7,10H2,1-2H3,(H,27,28,29)/t11?,13-/m0/s1. The summed E-state index contributed by atoms with van der Waals surface area (Å²) >= 11 is 3.53. The Kier molecular flexibility index (Phi) is 6.34. The topological polar surface area (TPSA) is 56.3 Å². The molecule has 0 radical (unpaired) electrons. The summed E-state index contributed by atoms with van der Waals surface area (Å²) in [4.78, 5) is 8.94. The minimum Gasteiger partial charge on any atom is -0.487 e. The van der Waals surface area contributed by atoms with Gasteiger partial charge in [0.15, 0.2) is 0 Å². The predicted octanol–water partition coefficient (Wildman–Crippen LogP) is 6.12. The van der Waals surface area contributed by atoms with Gasteiger partial charge in [-0.3, -0.25) is 0 Å². The lowest BCUT2D eigenvalue weighted by atomic mass is 10.0. The van der Waals surface area contributed by atoms with Gasteiger partial charge in [0, 0.05) is 17.4 Å². The van der Waals surface area contributed by atoms with Crippen molar-refractivity contribution >= 4 is 32.7 Å². The molecule has 0 amide bonds. The van der Waals surface area contributed by atoms with E-state index in [1.807, 2.05) is 12.1 Å². The number of benzene rings is 2. The highest BCUT2D eigenvalue weighted by molar-refractivity contribution is 9.10. The lowest BCUT2D eigenvalue weighted by molar-refractivity contribution is 0.141. The molecule has 3 aromatic rings. The quantitative estimate of drug-likeness (QED) is 0.446. The van der Waals surface area contributed by atoms with Crippen molar-refractivity contribution < 1.29 is 22.6 Å². The van der Waals surface area contributed by atoms with E-state index in [2.05, 4.69) is 31.2 Å². The summed E-state index contributed by atoms with van der Waals surface area (Å²) in [6.07, 6.45) is -2.12. The number of ether oxygens (including phenoxy) is 2. The lowest BCUT2D eigenvalue weighted by Crippen LogP contribution is -2.16. The zero-order valence-corrected chi connectivity index (χ0v) is 18.5. The highest BCUT2D eigenvalue weighted by atomic mass is 79.9. The highest BCUT2D eigenvalue weighted by Gasteiger charge is 2.22. The third-order valence-electron chi connectivity index (χ3n) is 5.16. The monoisotopic (exact) mass is 495 g/mol. The molecule has 0 saturated carbocycles. The Hall–Kier alpha value is -2.39. The van der Waals surface area contributed by atoms with Gasteiger partial charge >= 0.3 is 0 Å². The summed E-state index contributed by atoms with van der Waals surface area (Å²) in [5, 5.41) is 3.84. The molecule has 1 saturated heterocycles. The molecule has 0 bridgehead atoms. The van der Waals surface area contributed by atoms with Gasteiger partial charge in [-0.15, -0.1) is 0 Å². The highest BCUT2D eigenvalue weighted by Crippen LogP contribution is 2.35. The molecular formula is C22H21BrF3N3O2. The van der Waals surface area contributed by atoms with Crippen molar-refractivity contribution in [3.8, 4) is 5.75 Å². The van der Waals surface area contributed by atoms with Crippen LogP contribution in [-0.2, 0) is 4.74 Å². The van der Waals surface area contributed by atoms with Crippen LogP contribution in [0.25, 0.3) is 10.9 Å². The van der Waals surface area contributed by atoms with Crippen LogP contribution in [0.15, 0.2) is 34.8 Å². The first-order valence-corrected chi connectivity index (χ1v) is 10.7. The van der Waals surface area contributed by atoms with Gasteiger partial charge in [-0.05, 0) is 41.9 Å². The zero-order chi connectivity index (χ0) is 22.1. The van der Waals surface area contributed by atoms with Crippen molar-refractivity contribution in [2.75, 3.05) is 18.5 Å². The third-order valence-corrected chi connectivity index (χ3v) is 5.78. The van der Waals surface area contributed by atoms with E-state index < -0.39 is 23.8 Å². The number of rotatable bonds is 6. The summed E-state index contributed by atoms with van der Waals surface area (Å²) in [7, 11) is 0. The summed E-state index contributed by atoms with van der Waals surface area (Å²) in [5.41, 5.74) is 0.193. The molecule has 164 valence electrons. The predicted molar refractivity (Wildman–Crippen MR) is 115 cm³/mol. The lowest BCUT2D eigenvalue weighted by Gasteiger charge is -2.19. The maximum Gasteiger partial charge on any atom is 0.266 e. The number of nitrogens with zero attached hydrogens (tertiary/aromatic N) is 2. The molecule has 1 unspecified atom stereocenters. The maximum atomic E-state index is 14.6. The van der Waals surface area contributed by atoms with E-state index in [1.54, 1.807) is 13.8 Å².